The number of hydrogen-bond donors (Lipinski definition) is 1. The minimum absolute atomic E-state index is 0.126. The molecule has 1 amide bonds. The molecule has 2 aromatic carbocycles. The van der Waals surface area contributed by atoms with Gasteiger partial charge in [0, 0.05) is 24.2 Å². The third kappa shape index (κ3) is 3.32. The average Bonchev–Trinajstić information content (AvgIpc) is 2.68. The van der Waals surface area contributed by atoms with Gasteiger partial charge in [-0.1, -0.05) is 36.4 Å². The van der Waals surface area contributed by atoms with Gasteiger partial charge in [0.05, 0.1) is 24.3 Å². The van der Waals surface area contributed by atoms with E-state index in [-0.39, 0.29) is 5.91 Å². The summed E-state index contributed by atoms with van der Waals surface area (Å²) in [7, 11) is 0. The van der Waals surface area contributed by atoms with Crippen LogP contribution in [0, 0.1) is 0 Å². The van der Waals surface area contributed by atoms with Gasteiger partial charge in [-0.15, -0.1) is 0 Å². The molecule has 0 radical (unpaired) electrons. The largest absolute Gasteiger partial charge is 0.378 e. The van der Waals surface area contributed by atoms with Crippen molar-refractivity contribution in [2.75, 3.05) is 36.5 Å². The number of fused-ring (bicyclic) bond motifs is 1. The van der Waals surface area contributed by atoms with Crippen molar-refractivity contribution in [3.63, 3.8) is 0 Å². The number of anilines is 2. The highest BCUT2D eigenvalue weighted by Crippen LogP contribution is 2.24. The summed E-state index contributed by atoms with van der Waals surface area (Å²) in [5.41, 5.74) is 2.24. The Morgan fingerprint density at radius 1 is 1.00 bits per heavy atom. The summed E-state index contributed by atoms with van der Waals surface area (Å²) < 4.78 is 5.42. The zero-order valence-electron chi connectivity index (χ0n) is 13.8. The van der Waals surface area contributed by atoms with Crippen molar-refractivity contribution in [2.45, 2.75) is 0 Å². The lowest BCUT2D eigenvalue weighted by molar-refractivity contribution is 0.102. The van der Waals surface area contributed by atoms with Crippen LogP contribution in [0.4, 0.5) is 11.5 Å². The highest BCUT2D eigenvalue weighted by Gasteiger charge is 2.18. The standard InChI is InChI=1S/C20H19N3O2/c24-20(21-15-6-2-1-3-7-15)17-14-19(23-10-12-25-13-11-23)22-18-9-5-4-8-16(17)18/h1-9,14H,10-13H2,(H,21,24). The molecule has 0 atom stereocenters. The number of ether oxygens (including phenoxy) is 1. The summed E-state index contributed by atoms with van der Waals surface area (Å²) in [5, 5.41) is 3.83. The van der Waals surface area contributed by atoms with Gasteiger partial charge in [-0.25, -0.2) is 4.98 Å². The summed E-state index contributed by atoms with van der Waals surface area (Å²) in [5.74, 6) is 0.694. The first kappa shape index (κ1) is 15.6. The van der Waals surface area contributed by atoms with Crippen molar-refractivity contribution >= 4 is 28.3 Å². The molecule has 126 valence electrons. The maximum Gasteiger partial charge on any atom is 0.256 e. The van der Waals surface area contributed by atoms with E-state index in [1.165, 1.54) is 0 Å². The number of benzene rings is 2. The number of para-hydroxylation sites is 2. The predicted molar refractivity (Wildman–Crippen MR) is 99.2 cm³/mol. The number of nitrogens with one attached hydrogen (secondary N) is 1. The van der Waals surface area contributed by atoms with E-state index in [0.717, 1.165) is 35.5 Å². The quantitative estimate of drug-likeness (QED) is 0.799. The molecule has 25 heavy (non-hydrogen) atoms. The van der Waals surface area contributed by atoms with E-state index in [1.54, 1.807) is 0 Å². The van der Waals surface area contributed by atoms with Crippen molar-refractivity contribution in [3.05, 3.63) is 66.2 Å². The lowest BCUT2D eigenvalue weighted by Crippen LogP contribution is -2.37. The average molecular weight is 333 g/mol. The van der Waals surface area contributed by atoms with Gasteiger partial charge in [-0.3, -0.25) is 4.79 Å². The van der Waals surface area contributed by atoms with Gasteiger partial charge in [0.15, 0.2) is 0 Å². The van der Waals surface area contributed by atoms with E-state index in [1.807, 2.05) is 60.7 Å². The molecule has 0 unspecified atom stereocenters. The van der Waals surface area contributed by atoms with Gasteiger partial charge in [-0.05, 0) is 24.3 Å². The molecule has 5 nitrogen and oxygen atoms in total. The second-order valence-electron chi connectivity index (χ2n) is 5.96. The van der Waals surface area contributed by atoms with E-state index >= 15 is 0 Å². The second kappa shape index (κ2) is 6.91. The molecule has 0 saturated carbocycles. The summed E-state index contributed by atoms with van der Waals surface area (Å²) in [4.78, 5) is 19.8. The van der Waals surface area contributed by atoms with Gasteiger partial charge in [0.25, 0.3) is 5.91 Å². The molecule has 4 rings (SSSR count). The molecule has 0 spiro atoms. The Morgan fingerprint density at radius 3 is 2.52 bits per heavy atom. The fraction of sp³-hybridized carbons (Fsp3) is 0.200. The van der Waals surface area contributed by atoms with Crippen molar-refractivity contribution in [2.24, 2.45) is 0 Å². The molecule has 3 aromatic rings. The van der Waals surface area contributed by atoms with Crippen molar-refractivity contribution in [1.29, 1.82) is 0 Å². The number of carbonyl (C=O) groups is 1. The van der Waals surface area contributed by atoms with Gasteiger partial charge >= 0.3 is 0 Å². The lowest BCUT2D eigenvalue weighted by atomic mass is 10.1. The first-order valence-electron chi connectivity index (χ1n) is 8.40. The minimum atomic E-state index is -0.126. The van der Waals surface area contributed by atoms with Crippen molar-refractivity contribution < 1.29 is 9.53 Å². The van der Waals surface area contributed by atoms with Crippen LogP contribution in [0.3, 0.4) is 0 Å². The normalized spacial score (nSPS) is 14.5. The van der Waals surface area contributed by atoms with Gasteiger partial charge in [0.1, 0.15) is 5.82 Å². The Labute approximate surface area is 146 Å². The third-order valence-corrected chi connectivity index (χ3v) is 4.31. The molecule has 1 aromatic heterocycles. The molecular weight excluding hydrogens is 314 g/mol. The highest BCUT2D eigenvalue weighted by molar-refractivity contribution is 6.13. The van der Waals surface area contributed by atoms with Crippen LogP contribution in [0.25, 0.3) is 10.9 Å². The fourth-order valence-electron chi connectivity index (χ4n) is 3.02. The Kier molecular flexibility index (Phi) is 4.31. The maximum atomic E-state index is 12.9. The fourth-order valence-corrected chi connectivity index (χ4v) is 3.02. The van der Waals surface area contributed by atoms with Gasteiger partial charge < -0.3 is 15.0 Å². The predicted octanol–water partition coefficient (Wildman–Crippen LogP) is 3.32. The highest BCUT2D eigenvalue weighted by atomic mass is 16.5. The first-order valence-corrected chi connectivity index (χ1v) is 8.40. The second-order valence-corrected chi connectivity index (χ2v) is 5.96. The first-order chi connectivity index (χ1) is 12.3. The monoisotopic (exact) mass is 333 g/mol. The van der Waals surface area contributed by atoms with Crippen LogP contribution in [-0.4, -0.2) is 37.2 Å². The van der Waals surface area contributed by atoms with E-state index < -0.39 is 0 Å². The van der Waals surface area contributed by atoms with Crippen LogP contribution >= 0.6 is 0 Å². The number of aromatic nitrogens is 1. The molecule has 0 aliphatic carbocycles. The van der Waals surface area contributed by atoms with E-state index in [0.29, 0.717) is 18.8 Å². The molecule has 1 saturated heterocycles. The molecule has 0 bridgehead atoms. The number of carbonyl (C=O) groups excluding carboxylic acids is 1. The van der Waals surface area contributed by atoms with Crippen molar-refractivity contribution in [1.82, 2.24) is 4.98 Å². The minimum Gasteiger partial charge on any atom is -0.378 e. The molecule has 1 fully saturated rings. The van der Waals surface area contributed by atoms with E-state index in [9.17, 15) is 4.79 Å². The SMILES string of the molecule is O=C(Nc1ccccc1)c1cc(N2CCOCC2)nc2ccccc12. The Morgan fingerprint density at radius 2 is 1.72 bits per heavy atom. The van der Waals surface area contributed by atoms with Crippen LogP contribution in [0.15, 0.2) is 60.7 Å². The van der Waals surface area contributed by atoms with Crippen LogP contribution in [-0.2, 0) is 4.74 Å². The maximum absolute atomic E-state index is 12.9. The number of nitrogens with zero attached hydrogens (tertiary/aromatic N) is 2. The molecule has 1 aliphatic rings. The Bertz CT molecular complexity index is 890. The summed E-state index contributed by atoms with van der Waals surface area (Å²) >= 11 is 0. The Balaban J connectivity index is 1.74. The zero-order chi connectivity index (χ0) is 17.1. The van der Waals surface area contributed by atoms with Crippen LogP contribution in [0.1, 0.15) is 10.4 Å². The molecule has 1 N–H and O–H groups in total. The third-order valence-electron chi connectivity index (χ3n) is 4.31. The van der Waals surface area contributed by atoms with Gasteiger partial charge in [0.2, 0.25) is 0 Å². The zero-order valence-corrected chi connectivity index (χ0v) is 13.8. The van der Waals surface area contributed by atoms with Crippen LogP contribution in [0.2, 0.25) is 0 Å². The van der Waals surface area contributed by atoms with Crippen molar-refractivity contribution in [3.8, 4) is 0 Å². The summed E-state index contributed by atoms with van der Waals surface area (Å²) in [6, 6.07) is 19.1. The van der Waals surface area contributed by atoms with Gasteiger partial charge in [-0.2, -0.15) is 0 Å². The van der Waals surface area contributed by atoms with E-state index in [4.69, 9.17) is 9.72 Å². The number of amides is 1. The summed E-state index contributed by atoms with van der Waals surface area (Å²) in [6.07, 6.45) is 0. The molecule has 5 heteroatoms. The molecule has 1 aliphatic heterocycles. The molecule has 2 heterocycles. The lowest BCUT2D eigenvalue weighted by Gasteiger charge is -2.28. The summed E-state index contributed by atoms with van der Waals surface area (Å²) in [6.45, 7) is 2.93. The number of rotatable bonds is 3. The Hall–Kier alpha value is -2.92. The molecular formula is C20H19N3O2. The van der Waals surface area contributed by atoms with E-state index in [2.05, 4.69) is 10.2 Å². The number of pyridine rings is 1. The van der Waals surface area contributed by atoms with Crippen LogP contribution < -0.4 is 10.2 Å². The smallest absolute Gasteiger partial charge is 0.256 e. The number of hydrogen-bond acceptors (Lipinski definition) is 4. The van der Waals surface area contributed by atoms with Crippen LogP contribution in [0.5, 0.6) is 0 Å². The topological polar surface area (TPSA) is 54.5 Å². The number of morpholine rings is 1.